The number of ether oxygens (including phenoxy) is 6. The maximum Gasteiger partial charge on any atom is 0.251 e. The molecule has 1 rings (SSSR count). The Morgan fingerprint density at radius 1 is 0.932 bits per heavy atom. The molecule has 0 heterocycles. The first-order valence-electron chi connectivity index (χ1n) is 14.9. The second-order valence-corrected chi connectivity index (χ2v) is 12.8. The van der Waals surface area contributed by atoms with Crippen LogP contribution in [0.1, 0.15) is 37.6 Å². The molecule has 0 unspecified atom stereocenters. The Kier molecular flexibility index (Phi) is 23.8. The van der Waals surface area contributed by atoms with E-state index in [9.17, 15) is 9.59 Å². The highest BCUT2D eigenvalue weighted by atomic mass is 33.1. The van der Waals surface area contributed by atoms with Crippen molar-refractivity contribution in [2.24, 2.45) is 5.92 Å². The van der Waals surface area contributed by atoms with E-state index in [1.807, 2.05) is 34.1 Å². The molecule has 3 N–H and O–H groups in total. The van der Waals surface area contributed by atoms with Crippen LogP contribution in [0.15, 0.2) is 24.3 Å². The lowest BCUT2D eigenvalue weighted by atomic mass is 10.2. The minimum Gasteiger partial charge on any atom is -0.490 e. The Labute approximate surface area is 271 Å². The van der Waals surface area contributed by atoms with Crippen molar-refractivity contribution in [2.45, 2.75) is 32.1 Å². The Bertz CT molecular complexity index is 977. The molecule has 0 spiro atoms. The van der Waals surface area contributed by atoms with Crippen LogP contribution in [0.2, 0.25) is 0 Å². The van der Waals surface area contributed by atoms with Gasteiger partial charge in [-0.3, -0.25) is 9.59 Å². The van der Waals surface area contributed by atoms with Crippen molar-refractivity contribution in [3.63, 3.8) is 0 Å². The molecule has 1 atom stereocenters. The fourth-order valence-corrected chi connectivity index (χ4v) is 5.31. The van der Waals surface area contributed by atoms with Gasteiger partial charge in [0, 0.05) is 24.6 Å². The van der Waals surface area contributed by atoms with E-state index in [4.69, 9.17) is 28.4 Å². The molecule has 0 aliphatic carbocycles. The summed E-state index contributed by atoms with van der Waals surface area (Å²) in [6, 6.07) is 7.00. The molecule has 0 saturated heterocycles. The molecule has 0 saturated carbocycles. The van der Waals surface area contributed by atoms with Crippen LogP contribution in [-0.2, 0) is 28.5 Å². The largest absolute Gasteiger partial charge is 0.490 e. The average molecular weight is 658 g/mol. The van der Waals surface area contributed by atoms with E-state index in [-0.39, 0.29) is 44.2 Å². The lowest BCUT2D eigenvalue weighted by molar-refractivity contribution is -0.126. The van der Waals surface area contributed by atoms with Crippen molar-refractivity contribution < 1.29 is 38.0 Å². The molecule has 0 fully saturated rings. The highest BCUT2D eigenvalue weighted by Crippen LogP contribution is 2.35. The van der Waals surface area contributed by atoms with E-state index in [1.54, 1.807) is 35.1 Å². The van der Waals surface area contributed by atoms with E-state index >= 15 is 0 Å². The molecular weight excluding hydrogens is 606 g/mol. The minimum absolute atomic E-state index is 0.0569. The fourth-order valence-electron chi connectivity index (χ4n) is 3.37. The first kappa shape index (κ1) is 40.0. The first-order chi connectivity index (χ1) is 21.3. The first-order valence-corrected chi connectivity index (χ1v) is 17.4. The minimum atomic E-state index is -0.670. The van der Waals surface area contributed by atoms with Gasteiger partial charge in [-0.25, -0.2) is 0 Å². The van der Waals surface area contributed by atoms with Crippen LogP contribution in [0.4, 0.5) is 0 Å². The van der Waals surface area contributed by atoms with Gasteiger partial charge < -0.3 is 44.4 Å². The van der Waals surface area contributed by atoms with Gasteiger partial charge in [-0.05, 0) is 51.4 Å². The number of benzene rings is 1. The standard InChI is InChI=1S/C31H51N3O8S2/c1-26(2)9-7-13-33-29(35)24-40-21-22-42-31(3,44-43-5)25-41-28-11-6-10-27(23-28)30(36)34-14-16-38-18-20-39-19-17-37-15-8-12-32-4/h6,10-11,23,26,32H,8,12-22,24-25H2,1-5H3,(H,33,35)(H,34,36)/t31-/m1/s1. The number of amides is 2. The molecular formula is C31H51N3O8S2. The monoisotopic (exact) mass is 657 g/mol. The van der Waals surface area contributed by atoms with Gasteiger partial charge in [-0.15, -0.1) is 0 Å². The molecule has 0 aliphatic rings. The Morgan fingerprint density at radius 2 is 1.64 bits per heavy atom. The van der Waals surface area contributed by atoms with Gasteiger partial charge >= 0.3 is 0 Å². The molecule has 2 amide bonds. The van der Waals surface area contributed by atoms with Crippen LogP contribution >= 0.6 is 21.6 Å². The highest BCUT2D eigenvalue weighted by molar-refractivity contribution is 8.76. The summed E-state index contributed by atoms with van der Waals surface area (Å²) in [4.78, 5) is 23.8. The Balaban J connectivity index is 2.28. The van der Waals surface area contributed by atoms with Crippen LogP contribution in [0.5, 0.6) is 5.75 Å². The van der Waals surface area contributed by atoms with Gasteiger partial charge in [0.25, 0.3) is 5.91 Å². The second kappa shape index (κ2) is 26.2. The molecule has 13 heteroatoms. The summed E-state index contributed by atoms with van der Waals surface area (Å²) in [5.74, 6) is 6.28. The topological polar surface area (TPSA) is 126 Å². The van der Waals surface area contributed by atoms with E-state index in [2.05, 4.69) is 27.8 Å². The quantitative estimate of drug-likeness (QED) is 0.0590. The average Bonchev–Trinajstić information content (AvgIpc) is 3.00. The van der Waals surface area contributed by atoms with E-state index in [0.29, 0.717) is 57.4 Å². The molecule has 11 nitrogen and oxygen atoms in total. The van der Waals surface area contributed by atoms with Crippen molar-refractivity contribution in [3.05, 3.63) is 29.8 Å². The lowest BCUT2D eigenvalue weighted by Gasteiger charge is -2.28. The smallest absolute Gasteiger partial charge is 0.251 e. The van der Waals surface area contributed by atoms with E-state index < -0.39 is 4.93 Å². The SMILES string of the molecule is CNCCCOCCOCCOCCNC(=O)c1cccc(OC[C@](C)(OCCOCC(=O)NCC#CC(C)C)SSC)c1. The van der Waals surface area contributed by atoms with Crippen molar-refractivity contribution in [2.75, 3.05) is 99.0 Å². The molecule has 1 aromatic rings. The van der Waals surface area contributed by atoms with Crippen LogP contribution in [-0.4, -0.2) is 116 Å². The number of carbonyl (C=O) groups excluding carboxylic acids is 2. The molecule has 0 aliphatic heterocycles. The summed E-state index contributed by atoms with van der Waals surface area (Å²) in [5, 5.41) is 8.63. The number of hydrogen-bond donors (Lipinski definition) is 3. The molecule has 0 radical (unpaired) electrons. The third kappa shape index (κ3) is 21.6. The zero-order chi connectivity index (χ0) is 32.3. The third-order valence-corrected chi connectivity index (χ3v) is 7.79. The zero-order valence-electron chi connectivity index (χ0n) is 26.9. The normalized spacial score (nSPS) is 12.3. The van der Waals surface area contributed by atoms with Gasteiger partial charge in [0.1, 0.15) is 19.0 Å². The van der Waals surface area contributed by atoms with Gasteiger partial charge in [0.05, 0.1) is 52.8 Å². The maximum atomic E-state index is 12.6. The van der Waals surface area contributed by atoms with Gasteiger partial charge in [0.15, 0.2) is 4.93 Å². The predicted molar refractivity (Wildman–Crippen MR) is 177 cm³/mol. The van der Waals surface area contributed by atoms with Crippen molar-refractivity contribution >= 4 is 33.4 Å². The third-order valence-electron chi connectivity index (χ3n) is 5.48. The Hall–Kier alpha value is -2.02. The van der Waals surface area contributed by atoms with Crippen LogP contribution in [0.3, 0.4) is 0 Å². The zero-order valence-corrected chi connectivity index (χ0v) is 28.5. The van der Waals surface area contributed by atoms with E-state index in [0.717, 1.165) is 19.6 Å². The number of hydrogen-bond acceptors (Lipinski definition) is 11. The summed E-state index contributed by atoms with van der Waals surface area (Å²) >= 11 is 0. The van der Waals surface area contributed by atoms with Crippen LogP contribution in [0, 0.1) is 17.8 Å². The van der Waals surface area contributed by atoms with Gasteiger partial charge in [-0.2, -0.15) is 0 Å². The van der Waals surface area contributed by atoms with Crippen LogP contribution < -0.4 is 20.7 Å². The molecule has 1 aromatic carbocycles. The summed E-state index contributed by atoms with van der Waals surface area (Å²) in [5.41, 5.74) is 0.488. The molecule has 44 heavy (non-hydrogen) atoms. The predicted octanol–water partition coefficient (Wildman–Crippen LogP) is 2.99. The van der Waals surface area contributed by atoms with Crippen molar-refractivity contribution in [1.82, 2.24) is 16.0 Å². The number of rotatable bonds is 26. The number of carbonyl (C=O) groups is 2. The number of nitrogens with one attached hydrogen (secondary N) is 3. The summed E-state index contributed by atoms with van der Waals surface area (Å²) < 4.78 is 33.9. The van der Waals surface area contributed by atoms with E-state index in [1.165, 1.54) is 10.8 Å². The molecule has 0 bridgehead atoms. The molecule has 0 aromatic heterocycles. The van der Waals surface area contributed by atoms with Gasteiger partial charge in [0.2, 0.25) is 5.91 Å². The molecule has 250 valence electrons. The van der Waals surface area contributed by atoms with Gasteiger partial charge in [-0.1, -0.05) is 53.3 Å². The van der Waals surface area contributed by atoms with Crippen LogP contribution in [0.25, 0.3) is 0 Å². The summed E-state index contributed by atoms with van der Waals surface area (Å²) in [6.07, 6.45) is 2.94. The maximum absolute atomic E-state index is 12.6. The highest BCUT2D eigenvalue weighted by Gasteiger charge is 2.27. The Morgan fingerprint density at radius 3 is 2.34 bits per heavy atom. The summed E-state index contributed by atoms with van der Waals surface area (Å²) in [7, 11) is 5.00. The fraction of sp³-hybridized carbons (Fsp3) is 0.677. The summed E-state index contributed by atoms with van der Waals surface area (Å²) in [6.45, 7) is 11.4. The van der Waals surface area contributed by atoms with Crippen molar-refractivity contribution in [3.8, 4) is 17.6 Å². The lowest BCUT2D eigenvalue weighted by Crippen LogP contribution is -2.33. The van der Waals surface area contributed by atoms with Crippen molar-refractivity contribution in [1.29, 1.82) is 0 Å². The second-order valence-electron chi connectivity index (χ2n) is 9.90.